The molecule has 0 spiro atoms. The Hall–Kier alpha value is -0.520. The van der Waals surface area contributed by atoms with Gasteiger partial charge in [-0.15, -0.1) is 0 Å². The minimum absolute atomic E-state index is 0.914. The first-order valence-electron chi connectivity index (χ1n) is 10.2. The van der Waals surface area contributed by atoms with E-state index in [1.807, 2.05) is 0 Å². The summed E-state index contributed by atoms with van der Waals surface area (Å²) >= 11 is 0. The molecule has 0 aromatic carbocycles. The SMILES string of the molecule is C[C@@H]1O[C@@H](O[C@@H]2[C@@H](O)[C@H](C)O[C@@H](O)[C@@H]2O[C@H]2O[C@@H](C)[C@@H](O)[C@@H](O)[C@@H]2O)[C@H](O)[C@H](O)[C@H]1O. The van der Waals surface area contributed by atoms with Gasteiger partial charge < -0.3 is 64.5 Å². The third-order valence-corrected chi connectivity index (χ3v) is 5.98. The van der Waals surface area contributed by atoms with Crippen LogP contribution in [0.2, 0.25) is 0 Å². The quantitative estimate of drug-likeness (QED) is 0.201. The first-order valence-corrected chi connectivity index (χ1v) is 10.2. The summed E-state index contributed by atoms with van der Waals surface area (Å²) in [4.78, 5) is 0. The third kappa shape index (κ3) is 4.89. The maximum atomic E-state index is 10.6. The van der Waals surface area contributed by atoms with Crippen molar-refractivity contribution in [2.75, 3.05) is 0 Å². The highest BCUT2D eigenvalue weighted by Gasteiger charge is 2.52. The van der Waals surface area contributed by atoms with E-state index in [2.05, 4.69) is 0 Å². The molecule has 0 aliphatic carbocycles. The molecule has 0 aromatic heterocycles. The Morgan fingerprint density at radius 2 is 0.839 bits per heavy atom. The van der Waals surface area contributed by atoms with Crippen molar-refractivity contribution in [2.45, 2.75) is 113 Å². The van der Waals surface area contributed by atoms with Crippen molar-refractivity contribution in [2.24, 2.45) is 0 Å². The minimum Gasteiger partial charge on any atom is -0.388 e. The van der Waals surface area contributed by atoms with E-state index in [0.29, 0.717) is 0 Å². The first-order chi connectivity index (χ1) is 14.4. The van der Waals surface area contributed by atoms with Crippen LogP contribution in [0.15, 0.2) is 0 Å². The molecule has 3 aliphatic rings. The number of ether oxygens (including phenoxy) is 5. The summed E-state index contributed by atoms with van der Waals surface area (Å²) in [7, 11) is 0. The molecular formula is C18H32O13. The number of aliphatic hydroxyl groups is 8. The molecule has 3 aliphatic heterocycles. The first kappa shape index (κ1) is 25.1. The topological polar surface area (TPSA) is 208 Å². The van der Waals surface area contributed by atoms with Crippen LogP contribution in [0.25, 0.3) is 0 Å². The van der Waals surface area contributed by atoms with Gasteiger partial charge in [0.1, 0.15) is 54.9 Å². The van der Waals surface area contributed by atoms with Crippen molar-refractivity contribution < 1.29 is 64.5 Å². The molecule has 3 rings (SSSR count). The molecule has 3 fully saturated rings. The van der Waals surface area contributed by atoms with Crippen molar-refractivity contribution in [3.63, 3.8) is 0 Å². The van der Waals surface area contributed by atoms with E-state index in [-0.39, 0.29) is 0 Å². The van der Waals surface area contributed by atoms with E-state index >= 15 is 0 Å². The summed E-state index contributed by atoms with van der Waals surface area (Å²) < 4.78 is 27.2. The van der Waals surface area contributed by atoms with Crippen LogP contribution in [-0.2, 0) is 23.7 Å². The summed E-state index contributed by atoms with van der Waals surface area (Å²) in [5.41, 5.74) is 0. The summed E-state index contributed by atoms with van der Waals surface area (Å²) in [5.74, 6) is 0. The molecule has 13 heteroatoms. The average Bonchev–Trinajstić information content (AvgIpc) is 2.72. The monoisotopic (exact) mass is 456 g/mol. The Bertz CT molecular complexity index is 595. The lowest BCUT2D eigenvalue weighted by Crippen LogP contribution is -2.65. The van der Waals surface area contributed by atoms with E-state index < -0.39 is 92.1 Å². The highest BCUT2D eigenvalue weighted by molar-refractivity contribution is 4.94. The summed E-state index contributed by atoms with van der Waals surface area (Å²) in [6.07, 6.45) is -21.1. The summed E-state index contributed by atoms with van der Waals surface area (Å²) in [6, 6.07) is 0. The molecular weight excluding hydrogens is 424 g/mol. The van der Waals surface area contributed by atoms with Crippen LogP contribution in [0.5, 0.6) is 0 Å². The maximum absolute atomic E-state index is 10.6. The van der Waals surface area contributed by atoms with Gasteiger partial charge in [0.2, 0.25) is 0 Å². The second-order valence-corrected chi connectivity index (χ2v) is 8.29. The molecule has 0 amide bonds. The predicted molar refractivity (Wildman–Crippen MR) is 97.0 cm³/mol. The van der Waals surface area contributed by atoms with Crippen LogP contribution in [0.1, 0.15) is 20.8 Å². The molecule has 15 atom stereocenters. The van der Waals surface area contributed by atoms with E-state index in [0.717, 1.165) is 0 Å². The van der Waals surface area contributed by atoms with Gasteiger partial charge in [0.25, 0.3) is 0 Å². The van der Waals surface area contributed by atoms with E-state index in [1.165, 1.54) is 20.8 Å². The molecule has 3 saturated heterocycles. The lowest BCUT2D eigenvalue weighted by Gasteiger charge is -2.47. The molecule has 182 valence electrons. The third-order valence-electron chi connectivity index (χ3n) is 5.98. The van der Waals surface area contributed by atoms with Crippen LogP contribution in [-0.4, -0.2) is 133 Å². The number of hydrogen-bond acceptors (Lipinski definition) is 13. The molecule has 0 bridgehead atoms. The molecule has 0 radical (unpaired) electrons. The normalized spacial score (nSPS) is 56.4. The lowest BCUT2D eigenvalue weighted by atomic mass is 9.97. The van der Waals surface area contributed by atoms with E-state index in [9.17, 15) is 40.9 Å². The Morgan fingerprint density at radius 3 is 1.29 bits per heavy atom. The average molecular weight is 456 g/mol. The fourth-order valence-electron chi connectivity index (χ4n) is 3.87. The molecule has 0 saturated carbocycles. The van der Waals surface area contributed by atoms with Crippen LogP contribution in [0.4, 0.5) is 0 Å². The zero-order valence-corrected chi connectivity index (χ0v) is 17.3. The highest BCUT2D eigenvalue weighted by Crippen LogP contribution is 2.32. The molecule has 0 aromatic rings. The van der Waals surface area contributed by atoms with E-state index in [1.54, 1.807) is 0 Å². The number of hydrogen-bond donors (Lipinski definition) is 8. The Labute approximate surface area is 178 Å². The Morgan fingerprint density at radius 1 is 0.452 bits per heavy atom. The van der Waals surface area contributed by atoms with Crippen molar-refractivity contribution in [1.29, 1.82) is 0 Å². The maximum Gasteiger partial charge on any atom is 0.187 e. The summed E-state index contributed by atoms with van der Waals surface area (Å²) in [6.45, 7) is 4.34. The van der Waals surface area contributed by atoms with Crippen LogP contribution < -0.4 is 0 Å². The predicted octanol–water partition coefficient (Wildman–Crippen LogP) is -4.49. The minimum atomic E-state index is -1.69. The van der Waals surface area contributed by atoms with Gasteiger partial charge in [0.15, 0.2) is 18.9 Å². The smallest absolute Gasteiger partial charge is 0.187 e. The largest absolute Gasteiger partial charge is 0.388 e. The van der Waals surface area contributed by atoms with Gasteiger partial charge in [-0.25, -0.2) is 0 Å². The standard InChI is InChI=1S/C18H32O13/c1-4-7(19)10(22)12(24)17(28-4)30-14-9(21)6(3)27-16(26)15(14)31-18-13(25)11(23)8(20)5(2)29-18/h4-26H,1-3H3/t4-,5-,6-,7-,8+,9-,10+,11+,12+,13-,14+,15+,16+,17-,18+/m0/s1. The van der Waals surface area contributed by atoms with Gasteiger partial charge in [-0.1, -0.05) is 0 Å². The second-order valence-electron chi connectivity index (χ2n) is 8.29. The van der Waals surface area contributed by atoms with Crippen LogP contribution in [0.3, 0.4) is 0 Å². The van der Waals surface area contributed by atoms with Crippen molar-refractivity contribution in [3.05, 3.63) is 0 Å². The van der Waals surface area contributed by atoms with Crippen molar-refractivity contribution in [1.82, 2.24) is 0 Å². The summed E-state index contributed by atoms with van der Waals surface area (Å²) in [5, 5.41) is 81.0. The van der Waals surface area contributed by atoms with E-state index in [4.69, 9.17) is 23.7 Å². The number of aliphatic hydroxyl groups excluding tert-OH is 8. The zero-order chi connectivity index (χ0) is 23.2. The van der Waals surface area contributed by atoms with Crippen LogP contribution >= 0.6 is 0 Å². The van der Waals surface area contributed by atoms with Gasteiger partial charge in [0.05, 0.1) is 18.3 Å². The van der Waals surface area contributed by atoms with Crippen molar-refractivity contribution in [3.8, 4) is 0 Å². The van der Waals surface area contributed by atoms with Crippen molar-refractivity contribution >= 4 is 0 Å². The molecule has 8 N–H and O–H groups in total. The van der Waals surface area contributed by atoms with Gasteiger partial charge in [-0.3, -0.25) is 0 Å². The molecule has 13 nitrogen and oxygen atoms in total. The Kier molecular flexibility index (Phi) is 7.91. The molecule has 3 heterocycles. The Balaban J connectivity index is 1.78. The number of rotatable bonds is 4. The van der Waals surface area contributed by atoms with Gasteiger partial charge in [-0.05, 0) is 20.8 Å². The van der Waals surface area contributed by atoms with Crippen LogP contribution in [0, 0.1) is 0 Å². The molecule has 0 unspecified atom stereocenters. The second kappa shape index (κ2) is 9.77. The lowest BCUT2D eigenvalue weighted by molar-refractivity contribution is -0.382. The highest BCUT2D eigenvalue weighted by atomic mass is 16.8. The fourth-order valence-corrected chi connectivity index (χ4v) is 3.87. The van der Waals surface area contributed by atoms with Gasteiger partial charge in [-0.2, -0.15) is 0 Å². The van der Waals surface area contributed by atoms with Gasteiger partial charge >= 0.3 is 0 Å². The zero-order valence-electron chi connectivity index (χ0n) is 17.3. The van der Waals surface area contributed by atoms with Gasteiger partial charge in [0, 0.05) is 0 Å². The molecule has 31 heavy (non-hydrogen) atoms. The fraction of sp³-hybridized carbons (Fsp3) is 1.00.